The fourth-order valence-electron chi connectivity index (χ4n) is 8.93. The number of likely N-dealkylation sites (tertiary alicyclic amines) is 2. The van der Waals surface area contributed by atoms with E-state index in [-0.39, 0.29) is 29.5 Å². The van der Waals surface area contributed by atoms with E-state index in [1.165, 1.54) is 23.7 Å². The summed E-state index contributed by atoms with van der Waals surface area (Å²) in [6.45, 7) is 6.63. The second-order valence-corrected chi connectivity index (χ2v) is 17.2. The lowest BCUT2D eigenvalue weighted by molar-refractivity contribution is -0.120. The molecule has 8 rings (SSSR count). The number of piperidine rings is 2. The first kappa shape index (κ1) is 44.9. The van der Waals surface area contributed by atoms with Gasteiger partial charge in [0.05, 0.1) is 28.8 Å². The zero-order valence-corrected chi connectivity index (χ0v) is 36.7. The fraction of sp³-hybridized carbons (Fsp3) is 0.340. The Morgan fingerprint density at radius 3 is 1.48 bits per heavy atom. The predicted octanol–water partition coefficient (Wildman–Crippen LogP) is 9.94. The second kappa shape index (κ2) is 21.3. The van der Waals surface area contributed by atoms with Crippen molar-refractivity contribution in [2.45, 2.75) is 83.5 Å². The van der Waals surface area contributed by atoms with Crippen LogP contribution < -0.4 is 10.6 Å². The molecule has 2 saturated heterocycles. The summed E-state index contributed by atoms with van der Waals surface area (Å²) in [6.07, 6.45) is 12.1. The molecule has 0 atom stereocenters. The molecule has 326 valence electrons. The highest BCUT2D eigenvalue weighted by Crippen LogP contribution is 2.32. The van der Waals surface area contributed by atoms with E-state index in [4.69, 9.17) is 10.5 Å². The Labute approximate surface area is 376 Å². The quantitative estimate of drug-likeness (QED) is 0.157. The maximum atomic E-state index is 13.2. The first-order valence-corrected chi connectivity index (χ1v) is 22.4. The van der Waals surface area contributed by atoms with E-state index >= 15 is 0 Å². The Morgan fingerprint density at radius 2 is 1.05 bits per heavy atom. The number of hydrogen-bond donors (Lipinski definition) is 2. The van der Waals surface area contributed by atoms with Crippen molar-refractivity contribution in [1.29, 1.82) is 10.5 Å². The molecule has 0 bridgehead atoms. The van der Waals surface area contributed by atoms with Crippen molar-refractivity contribution in [2.24, 2.45) is 5.92 Å². The molecule has 5 aromatic rings. The molecule has 0 radical (unpaired) electrons. The van der Waals surface area contributed by atoms with Gasteiger partial charge in [-0.05, 0) is 147 Å². The van der Waals surface area contributed by atoms with Crippen molar-refractivity contribution in [3.05, 3.63) is 160 Å². The third kappa shape index (κ3) is 11.3. The van der Waals surface area contributed by atoms with Gasteiger partial charge in [0.1, 0.15) is 0 Å². The van der Waals surface area contributed by atoms with E-state index in [1.54, 1.807) is 24.4 Å². The number of aromatic nitrogens is 1. The van der Waals surface area contributed by atoms with Crippen molar-refractivity contribution in [1.82, 2.24) is 14.8 Å². The smallest absolute Gasteiger partial charge is 0.257 e. The van der Waals surface area contributed by atoms with Crippen LogP contribution in [0.25, 0.3) is 0 Å². The molecule has 1 aliphatic carbocycles. The molecule has 64 heavy (non-hydrogen) atoms. The van der Waals surface area contributed by atoms with Crippen LogP contribution in [-0.2, 0) is 4.79 Å². The maximum absolute atomic E-state index is 13.2. The maximum Gasteiger partial charge on any atom is 0.257 e. The van der Waals surface area contributed by atoms with Gasteiger partial charge in [0, 0.05) is 67.0 Å². The molecule has 0 spiro atoms. The van der Waals surface area contributed by atoms with Crippen LogP contribution in [0, 0.1) is 42.4 Å². The fourth-order valence-corrected chi connectivity index (χ4v) is 8.93. The summed E-state index contributed by atoms with van der Waals surface area (Å²) in [5, 5.41) is 23.9. The number of aryl methyl sites for hydroxylation is 2. The summed E-state index contributed by atoms with van der Waals surface area (Å²) in [4.78, 5) is 59.2. The number of nitriles is 2. The second-order valence-electron chi connectivity index (χ2n) is 17.2. The van der Waals surface area contributed by atoms with E-state index < -0.39 is 0 Å². The number of amides is 4. The van der Waals surface area contributed by atoms with Crippen molar-refractivity contribution in [2.75, 3.05) is 36.8 Å². The number of anilines is 2. The van der Waals surface area contributed by atoms with Gasteiger partial charge in [-0.15, -0.1) is 0 Å². The SMILES string of the molecule is Cc1ccc(C(=O)N2CCC(c3ccc(C#N)cc3)CC2)cc1NC(=O)C1CCCCC1.Cc1ccc(C(=O)N2CCC(c3ccc(C#N)cc3)CC2)cc1NC(=O)c1cccnc1. The Bertz CT molecular complexity index is 2520. The molecular weight excluding hydrogens is 799 g/mol. The van der Waals surface area contributed by atoms with Crippen LogP contribution in [0.2, 0.25) is 0 Å². The summed E-state index contributed by atoms with van der Waals surface area (Å²) >= 11 is 0. The van der Waals surface area contributed by atoms with E-state index in [0.717, 1.165) is 68.2 Å². The summed E-state index contributed by atoms with van der Waals surface area (Å²) in [5.74, 6) is 0.712. The van der Waals surface area contributed by atoms with Crippen molar-refractivity contribution < 1.29 is 19.2 Å². The van der Waals surface area contributed by atoms with Crippen molar-refractivity contribution in [3.63, 3.8) is 0 Å². The number of rotatable bonds is 8. The van der Waals surface area contributed by atoms with Gasteiger partial charge in [-0.1, -0.05) is 55.7 Å². The summed E-state index contributed by atoms with van der Waals surface area (Å²) in [7, 11) is 0. The molecule has 4 aromatic carbocycles. The Hall–Kier alpha value is -7.11. The highest BCUT2D eigenvalue weighted by molar-refractivity contribution is 6.05. The van der Waals surface area contributed by atoms with Crippen LogP contribution in [0.5, 0.6) is 0 Å². The van der Waals surface area contributed by atoms with Crippen LogP contribution in [0.15, 0.2) is 109 Å². The minimum absolute atomic E-state index is 0.0245. The Morgan fingerprint density at radius 1 is 0.578 bits per heavy atom. The minimum atomic E-state index is -0.256. The molecular formula is C53H55N7O4. The van der Waals surface area contributed by atoms with Gasteiger partial charge >= 0.3 is 0 Å². The number of nitrogens with one attached hydrogen (secondary N) is 2. The van der Waals surface area contributed by atoms with Crippen LogP contribution in [0.1, 0.15) is 134 Å². The topological polar surface area (TPSA) is 159 Å². The lowest BCUT2D eigenvalue weighted by atomic mass is 9.88. The first-order chi connectivity index (χ1) is 31.1. The van der Waals surface area contributed by atoms with E-state index in [1.807, 2.05) is 103 Å². The van der Waals surface area contributed by atoms with Crippen LogP contribution in [-0.4, -0.2) is 64.6 Å². The number of pyridine rings is 1. The zero-order valence-electron chi connectivity index (χ0n) is 36.7. The van der Waals surface area contributed by atoms with Gasteiger partial charge < -0.3 is 20.4 Å². The molecule has 11 heteroatoms. The molecule has 11 nitrogen and oxygen atoms in total. The number of carbonyl (C=O) groups is 4. The monoisotopic (exact) mass is 853 g/mol. The summed E-state index contributed by atoms with van der Waals surface area (Å²) < 4.78 is 0. The van der Waals surface area contributed by atoms with Gasteiger partial charge in [0.2, 0.25) is 5.91 Å². The third-order valence-electron chi connectivity index (χ3n) is 13.0. The van der Waals surface area contributed by atoms with Crippen LogP contribution in [0.3, 0.4) is 0 Å². The molecule has 0 unspecified atom stereocenters. The van der Waals surface area contributed by atoms with E-state index in [0.29, 0.717) is 71.5 Å². The molecule has 2 N–H and O–H groups in total. The zero-order chi connectivity index (χ0) is 45.0. The standard InChI is InChI=1S/C27H31N3O2.C26H24N4O2/c1-19-7-10-24(17-25(19)29-26(31)23-5-3-2-4-6-23)27(32)30-15-13-22(14-16-30)21-11-8-20(18-28)9-12-21;1-18-4-7-22(15-24(18)29-25(31)23-3-2-12-28-17-23)26(32)30-13-10-21(11-14-30)20-8-5-19(16-27)6-9-20/h7-12,17,22-23H,2-6,13-16H2,1H3,(H,29,31);2-9,12,15,17,21H,10-11,13-14H2,1H3,(H,29,31). The van der Waals surface area contributed by atoms with Crippen LogP contribution in [0.4, 0.5) is 11.4 Å². The lowest BCUT2D eigenvalue weighted by Gasteiger charge is -2.32. The first-order valence-electron chi connectivity index (χ1n) is 22.4. The molecule has 3 fully saturated rings. The largest absolute Gasteiger partial charge is 0.339 e. The normalized spacial score (nSPS) is 15.8. The highest BCUT2D eigenvalue weighted by Gasteiger charge is 2.27. The van der Waals surface area contributed by atoms with Gasteiger partial charge in [0.15, 0.2) is 0 Å². The Kier molecular flexibility index (Phi) is 15.0. The number of hydrogen-bond acceptors (Lipinski definition) is 7. The predicted molar refractivity (Wildman–Crippen MR) is 248 cm³/mol. The van der Waals surface area contributed by atoms with Gasteiger partial charge in [-0.25, -0.2) is 0 Å². The lowest BCUT2D eigenvalue weighted by Crippen LogP contribution is -2.38. The molecule has 3 heterocycles. The van der Waals surface area contributed by atoms with E-state index in [2.05, 4.69) is 27.8 Å². The minimum Gasteiger partial charge on any atom is -0.339 e. The van der Waals surface area contributed by atoms with Crippen LogP contribution >= 0.6 is 0 Å². The molecule has 1 aromatic heterocycles. The average molecular weight is 854 g/mol. The molecule has 1 saturated carbocycles. The number of nitrogens with zero attached hydrogens (tertiary/aromatic N) is 5. The highest BCUT2D eigenvalue weighted by atomic mass is 16.2. The molecule has 3 aliphatic rings. The van der Waals surface area contributed by atoms with Gasteiger partial charge in [-0.3, -0.25) is 24.2 Å². The van der Waals surface area contributed by atoms with E-state index in [9.17, 15) is 19.2 Å². The number of carbonyl (C=O) groups excluding carboxylic acids is 4. The third-order valence-corrected chi connectivity index (χ3v) is 13.0. The Balaban J connectivity index is 0.000000191. The summed E-state index contributed by atoms with van der Waals surface area (Å²) in [6, 6.07) is 34.3. The van der Waals surface area contributed by atoms with Gasteiger partial charge in [-0.2, -0.15) is 10.5 Å². The van der Waals surface area contributed by atoms with Crippen molar-refractivity contribution in [3.8, 4) is 12.1 Å². The van der Waals surface area contributed by atoms with Crippen molar-refractivity contribution >= 4 is 35.0 Å². The number of benzene rings is 4. The van der Waals surface area contributed by atoms with Gasteiger partial charge in [0.25, 0.3) is 17.7 Å². The molecule has 2 aliphatic heterocycles. The summed E-state index contributed by atoms with van der Waals surface area (Å²) in [5.41, 5.74) is 8.68. The average Bonchev–Trinajstić information content (AvgIpc) is 3.35. The molecule has 4 amide bonds.